The predicted molar refractivity (Wildman–Crippen MR) is 109 cm³/mol. The Balaban J connectivity index is 0.000000510. The van der Waals surface area contributed by atoms with Crippen molar-refractivity contribution >= 4 is 17.1 Å². The van der Waals surface area contributed by atoms with Crippen LogP contribution in [0.15, 0.2) is 54.6 Å². The Kier molecular flexibility index (Phi) is 11.3. The van der Waals surface area contributed by atoms with Crippen LogP contribution < -0.4 is 21.7 Å². The molecule has 0 aliphatic carbocycles. The fourth-order valence-corrected chi connectivity index (χ4v) is 2.08. The van der Waals surface area contributed by atoms with Crippen molar-refractivity contribution in [2.75, 3.05) is 24.7 Å². The largest absolute Gasteiger partial charge is 0.388 e. The number of hydrogen-bond donors (Lipinski definition) is 4. The first kappa shape index (κ1) is 22.0. The van der Waals surface area contributed by atoms with Gasteiger partial charge in [-0.25, -0.2) is 0 Å². The van der Waals surface area contributed by atoms with E-state index >= 15 is 0 Å². The number of para-hydroxylation sites is 1. The summed E-state index contributed by atoms with van der Waals surface area (Å²) in [6.45, 7) is 4.15. The zero-order valence-electron chi connectivity index (χ0n) is 14.6. The minimum absolute atomic E-state index is 0. The molecular weight excluding hydrogens is 296 g/mol. The van der Waals surface area contributed by atoms with Gasteiger partial charge in [0, 0.05) is 36.2 Å². The van der Waals surface area contributed by atoms with Crippen LogP contribution >= 0.6 is 0 Å². The second kappa shape index (κ2) is 12.4. The summed E-state index contributed by atoms with van der Waals surface area (Å²) >= 11 is 0. The number of anilines is 3. The third-order valence-electron chi connectivity index (χ3n) is 3.45. The van der Waals surface area contributed by atoms with Gasteiger partial charge in [0.15, 0.2) is 0 Å². The quantitative estimate of drug-likeness (QED) is 0.632. The topological polar surface area (TPSA) is 62.1 Å². The number of benzene rings is 2. The Morgan fingerprint density at radius 3 is 1.75 bits per heavy atom. The maximum atomic E-state index is 5.53. The van der Waals surface area contributed by atoms with E-state index in [9.17, 15) is 0 Å². The SMILES string of the molecule is C.CNC(C)CC(C)N.CNc1ccc(Nc2ccccc2)cc1. The molecule has 0 aromatic heterocycles. The molecule has 2 aromatic rings. The third-order valence-corrected chi connectivity index (χ3v) is 3.45. The van der Waals surface area contributed by atoms with Gasteiger partial charge in [0.25, 0.3) is 0 Å². The highest BCUT2D eigenvalue weighted by Crippen LogP contribution is 2.17. The van der Waals surface area contributed by atoms with Crippen LogP contribution in [0.5, 0.6) is 0 Å². The predicted octanol–water partition coefficient (Wildman–Crippen LogP) is 4.44. The number of nitrogens with one attached hydrogen (secondary N) is 3. The highest BCUT2D eigenvalue weighted by Gasteiger charge is 1.99. The molecule has 2 rings (SSSR count). The van der Waals surface area contributed by atoms with Crippen LogP contribution in [0, 0.1) is 0 Å². The first-order valence-corrected chi connectivity index (χ1v) is 8.08. The average Bonchev–Trinajstić information content (AvgIpc) is 2.56. The van der Waals surface area contributed by atoms with Gasteiger partial charge in [0.2, 0.25) is 0 Å². The molecule has 2 unspecified atom stereocenters. The summed E-state index contributed by atoms with van der Waals surface area (Å²) < 4.78 is 0. The molecule has 2 atom stereocenters. The standard InChI is InChI=1S/C13H14N2.C6H16N2.CH4/c1-14-11-7-9-13(10-8-11)15-12-5-3-2-4-6-12;1-5(7)4-6(2)8-3;/h2-10,14-15H,1H3;5-6,8H,4,7H2,1-3H3;1H4. The molecule has 24 heavy (non-hydrogen) atoms. The van der Waals surface area contributed by atoms with Gasteiger partial charge in [-0.05, 0) is 63.7 Å². The molecular formula is C20H34N4. The van der Waals surface area contributed by atoms with Crippen molar-refractivity contribution in [3.05, 3.63) is 54.6 Å². The summed E-state index contributed by atoms with van der Waals surface area (Å²) in [5, 5.41) is 9.53. The maximum absolute atomic E-state index is 5.53. The van der Waals surface area contributed by atoms with Gasteiger partial charge in [0.05, 0.1) is 0 Å². The van der Waals surface area contributed by atoms with Crippen LogP contribution in [0.1, 0.15) is 27.7 Å². The smallest absolute Gasteiger partial charge is 0.0385 e. The second-order valence-electron chi connectivity index (χ2n) is 5.72. The van der Waals surface area contributed by atoms with Crippen molar-refractivity contribution in [2.24, 2.45) is 5.73 Å². The van der Waals surface area contributed by atoms with Crippen molar-refractivity contribution in [3.8, 4) is 0 Å². The van der Waals surface area contributed by atoms with Crippen LogP contribution in [-0.4, -0.2) is 26.2 Å². The average molecular weight is 331 g/mol. The second-order valence-corrected chi connectivity index (χ2v) is 5.72. The molecule has 0 aliphatic rings. The van der Waals surface area contributed by atoms with Crippen LogP contribution in [0.3, 0.4) is 0 Å². The molecule has 134 valence electrons. The number of hydrogen-bond acceptors (Lipinski definition) is 4. The molecule has 0 fully saturated rings. The van der Waals surface area contributed by atoms with E-state index in [1.807, 2.05) is 63.5 Å². The summed E-state index contributed by atoms with van der Waals surface area (Å²) in [6.07, 6.45) is 1.05. The normalized spacial score (nSPS) is 12.0. The summed E-state index contributed by atoms with van der Waals surface area (Å²) in [4.78, 5) is 0. The number of rotatable bonds is 6. The Morgan fingerprint density at radius 1 is 0.833 bits per heavy atom. The molecule has 0 radical (unpaired) electrons. The molecule has 0 bridgehead atoms. The van der Waals surface area contributed by atoms with E-state index < -0.39 is 0 Å². The molecule has 4 nitrogen and oxygen atoms in total. The van der Waals surface area contributed by atoms with Gasteiger partial charge < -0.3 is 21.7 Å². The molecule has 0 saturated heterocycles. The summed E-state index contributed by atoms with van der Waals surface area (Å²) in [5.74, 6) is 0. The van der Waals surface area contributed by atoms with E-state index in [2.05, 4.69) is 35.0 Å². The van der Waals surface area contributed by atoms with Crippen LogP contribution in [0.25, 0.3) is 0 Å². The fourth-order valence-electron chi connectivity index (χ4n) is 2.08. The van der Waals surface area contributed by atoms with Crippen molar-refractivity contribution in [2.45, 2.75) is 39.8 Å². The highest BCUT2D eigenvalue weighted by molar-refractivity contribution is 5.62. The molecule has 0 saturated carbocycles. The molecule has 2 aromatic carbocycles. The Morgan fingerprint density at radius 2 is 1.33 bits per heavy atom. The summed E-state index contributed by atoms with van der Waals surface area (Å²) in [7, 11) is 3.87. The molecule has 5 N–H and O–H groups in total. The van der Waals surface area contributed by atoms with Crippen molar-refractivity contribution in [3.63, 3.8) is 0 Å². The van der Waals surface area contributed by atoms with Gasteiger partial charge in [-0.15, -0.1) is 0 Å². The lowest BCUT2D eigenvalue weighted by Gasteiger charge is -2.11. The minimum atomic E-state index is 0. The van der Waals surface area contributed by atoms with E-state index in [1.165, 1.54) is 0 Å². The zero-order chi connectivity index (χ0) is 17.1. The Bertz CT molecular complexity index is 523. The third kappa shape index (κ3) is 9.18. The summed E-state index contributed by atoms with van der Waals surface area (Å²) in [6, 6.07) is 19.2. The molecule has 4 heteroatoms. The molecule has 0 aliphatic heterocycles. The van der Waals surface area contributed by atoms with Gasteiger partial charge in [0.1, 0.15) is 0 Å². The minimum Gasteiger partial charge on any atom is -0.388 e. The van der Waals surface area contributed by atoms with Gasteiger partial charge >= 0.3 is 0 Å². The molecule has 0 heterocycles. The van der Waals surface area contributed by atoms with Gasteiger partial charge in [-0.3, -0.25) is 0 Å². The summed E-state index contributed by atoms with van der Waals surface area (Å²) in [5.41, 5.74) is 8.85. The first-order valence-electron chi connectivity index (χ1n) is 8.08. The van der Waals surface area contributed by atoms with Crippen molar-refractivity contribution in [1.29, 1.82) is 0 Å². The van der Waals surface area contributed by atoms with Crippen LogP contribution in [0.2, 0.25) is 0 Å². The first-order chi connectivity index (χ1) is 11.0. The highest BCUT2D eigenvalue weighted by atomic mass is 14.9. The van der Waals surface area contributed by atoms with E-state index in [4.69, 9.17) is 5.73 Å². The molecule has 0 amide bonds. The van der Waals surface area contributed by atoms with E-state index in [1.54, 1.807) is 0 Å². The van der Waals surface area contributed by atoms with Gasteiger partial charge in [-0.1, -0.05) is 25.6 Å². The maximum Gasteiger partial charge on any atom is 0.0385 e. The monoisotopic (exact) mass is 330 g/mol. The van der Waals surface area contributed by atoms with E-state index in [0.29, 0.717) is 12.1 Å². The van der Waals surface area contributed by atoms with Gasteiger partial charge in [-0.2, -0.15) is 0 Å². The lowest BCUT2D eigenvalue weighted by Crippen LogP contribution is -2.29. The molecule has 0 spiro atoms. The zero-order valence-corrected chi connectivity index (χ0v) is 14.6. The van der Waals surface area contributed by atoms with E-state index in [0.717, 1.165) is 23.5 Å². The Labute approximate surface area is 147 Å². The van der Waals surface area contributed by atoms with E-state index in [-0.39, 0.29) is 7.43 Å². The van der Waals surface area contributed by atoms with Crippen molar-refractivity contribution < 1.29 is 0 Å². The van der Waals surface area contributed by atoms with Crippen molar-refractivity contribution in [1.82, 2.24) is 5.32 Å². The lowest BCUT2D eigenvalue weighted by molar-refractivity contribution is 0.513. The Hall–Kier alpha value is -2.04. The lowest BCUT2D eigenvalue weighted by atomic mass is 10.1. The van der Waals surface area contributed by atoms with Crippen LogP contribution in [-0.2, 0) is 0 Å². The number of nitrogens with two attached hydrogens (primary N) is 1. The fraction of sp³-hybridized carbons (Fsp3) is 0.400. The van der Waals surface area contributed by atoms with Crippen LogP contribution in [0.4, 0.5) is 17.1 Å².